The Balaban J connectivity index is 0.00000208. The van der Waals surface area contributed by atoms with E-state index in [4.69, 9.17) is 9.73 Å². The molecule has 3 heterocycles. The van der Waals surface area contributed by atoms with Crippen LogP contribution in [0.15, 0.2) is 4.99 Å². The minimum Gasteiger partial charge on any atom is -0.373 e. The molecule has 3 saturated heterocycles. The SMILES string of the molecule is CCNC(=NCCCN1CCCC(C)C1)NC1CC2CCC1O2.I. The van der Waals surface area contributed by atoms with Gasteiger partial charge in [0.1, 0.15) is 0 Å². The molecule has 4 unspecified atom stereocenters. The summed E-state index contributed by atoms with van der Waals surface area (Å²) in [5, 5.41) is 6.98. The van der Waals surface area contributed by atoms with Crippen LogP contribution in [-0.2, 0) is 4.74 Å². The van der Waals surface area contributed by atoms with Gasteiger partial charge in [0.15, 0.2) is 5.96 Å². The van der Waals surface area contributed by atoms with E-state index in [0.717, 1.165) is 37.8 Å². The van der Waals surface area contributed by atoms with Gasteiger partial charge in [-0.1, -0.05) is 6.92 Å². The molecule has 0 amide bonds. The Morgan fingerprint density at radius 1 is 1.29 bits per heavy atom. The molecule has 3 aliphatic rings. The highest BCUT2D eigenvalue weighted by Gasteiger charge is 2.41. The molecule has 6 heteroatoms. The largest absolute Gasteiger partial charge is 0.373 e. The second-order valence-corrected chi connectivity index (χ2v) is 7.52. The van der Waals surface area contributed by atoms with Crippen molar-refractivity contribution in [3.63, 3.8) is 0 Å². The van der Waals surface area contributed by atoms with Crippen molar-refractivity contribution in [1.29, 1.82) is 0 Å². The highest BCUT2D eigenvalue weighted by Crippen LogP contribution is 2.34. The molecule has 24 heavy (non-hydrogen) atoms. The van der Waals surface area contributed by atoms with Crippen LogP contribution in [0.3, 0.4) is 0 Å². The van der Waals surface area contributed by atoms with Gasteiger partial charge in [-0.15, -0.1) is 24.0 Å². The summed E-state index contributed by atoms with van der Waals surface area (Å²) >= 11 is 0. The molecule has 0 aromatic heterocycles. The zero-order valence-corrected chi connectivity index (χ0v) is 17.6. The topological polar surface area (TPSA) is 48.9 Å². The first-order valence-electron chi connectivity index (χ1n) is 9.67. The first-order valence-corrected chi connectivity index (χ1v) is 9.67. The number of fused-ring (bicyclic) bond motifs is 2. The molecule has 3 aliphatic heterocycles. The first-order chi connectivity index (χ1) is 11.2. The molecule has 5 nitrogen and oxygen atoms in total. The van der Waals surface area contributed by atoms with Gasteiger partial charge < -0.3 is 20.3 Å². The monoisotopic (exact) mass is 450 g/mol. The van der Waals surface area contributed by atoms with Crippen molar-refractivity contribution in [2.24, 2.45) is 10.9 Å². The number of hydrogen-bond acceptors (Lipinski definition) is 3. The quantitative estimate of drug-likeness (QED) is 0.283. The van der Waals surface area contributed by atoms with Crippen molar-refractivity contribution < 1.29 is 4.74 Å². The fraction of sp³-hybridized carbons (Fsp3) is 0.944. The molecule has 0 aromatic carbocycles. The van der Waals surface area contributed by atoms with Crippen molar-refractivity contribution in [2.45, 2.75) is 70.6 Å². The Kier molecular flexibility index (Phi) is 8.57. The van der Waals surface area contributed by atoms with Gasteiger partial charge in [-0.3, -0.25) is 4.99 Å². The zero-order chi connectivity index (χ0) is 16.1. The fourth-order valence-electron chi connectivity index (χ4n) is 4.26. The lowest BCUT2D eigenvalue weighted by atomic mass is 9.96. The van der Waals surface area contributed by atoms with Gasteiger partial charge in [-0.2, -0.15) is 0 Å². The number of piperidine rings is 1. The van der Waals surface area contributed by atoms with E-state index in [1.807, 2.05) is 0 Å². The van der Waals surface area contributed by atoms with Crippen molar-refractivity contribution in [1.82, 2.24) is 15.5 Å². The van der Waals surface area contributed by atoms with Gasteiger partial charge in [0, 0.05) is 19.6 Å². The molecule has 4 atom stereocenters. The number of hydrogen-bond donors (Lipinski definition) is 2. The van der Waals surface area contributed by atoms with Crippen LogP contribution >= 0.6 is 24.0 Å². The third-order valence-electron chi connectivity index (χ3n) is 5.42. The average Bonchev–Trinajstić information content (AvgIpc) is 3.14. The summed E-state index contributed by atoms with van der Waals surface area (Å²) in [6.07, 6.45) is 8.38. The van der Waals surface area contributed by atoms with Crippen LogP contribution in [0, 0.1) is 5.92 Å². The number of nitrogens with zero attached hydrogens (tertiary/aromatic N) is 2. The molecule has 0 saturated carbocycles. The number of likely N-dealkylation sites (tertiary alicyclic amines) is 1. The number of rotatable bonds is 6. The molecular weight excluding hydrogens is 415 g/mol. The number of guanidine groups is 1. The van der Waals surface area contributed by atoms with Crippen LogP contribution in [0.5, 0.6) is 0 Å². The third-order valence-corrected chi connectivity index (χ3v) is 5.42. The Hall–Kier alpha value is -0.0800. The molecule has 3 fully saturated rings. The van der Waals surface area contributed by atoms with Crippen molar-refractivity contribution in [3.05, 3.63) is 0 Å². The van der Waals surface area contributed by atoms with E-state index in [1.165, 1.54) is 45.3 Å². The van der Waals surface area contributed by atoms with Crippen LogP contribution in [-0.4, -0.2) is 61.8 Å². The van der Waals surface area contributed by atoms with E-state index in [1.54, 1.807) is 0 Å². The van der Waals surface area contributed by atoms with Crippen LogP contribution in [0.4, 0.5) is 0 Å². The van der Waals surface area contributed by atoms with Crippen LogP contribution in [0.1, 0.15) is 52.4 Å². The molecule has 0 spiro atoms. The summed E-state index contributed by atoms with van der Waals surface area (Å²) in [5.74, 6) is 1.84. The molecule has 0 radical (unpaired) electrons. The van der Waals surface area contributed by atoms with E-state index < -0.39 is 0 Å². The van der Waals surface area contributed by atoms with Gasteiger partial charge in [0.05, 0.1) is 18.2 Å². The van der Waals surface area contributed by atoms with Crippen molar-refractivity contribution in [3.8, 4) is 0 Å². The molecule has 0 aromatic rings. The summed E-state index contributed by atoms with van der Waals surface area (Å²) in [5.41, 5.74) is 0. The van der Waals surface area contributed by atoms with Gasteiger partial charge in [0.2, 0.25) is 0 Å². The fourth-order valence-corrected chi connectivity index (χ4v) is 4.26. The Labute approximate surface area is 164 Å². The third kappa shape index (κ3) is 5.73. The molecular formula is C18H35IN4O. The number of ether oxygens (including phenoxy) is 1. The van der Waals surface area contributed by atoms with E-state index >= 15 is 0 Å². The maximum absolute atomic E-state index is 5.93. The Morgan fingerprint density at radius 2 is 2.17 bits per heavy atom. The van der Waals surface area contributed by atoms with Crippen molar-refractivity contribution in [2.75, 3.05) is 32.7 Å². The number of nitrogens with one attached hydrogen (secondary N) is 2. The predicted molar refractivity (Wildman–Crippen MR) is 110 cm³/mol. The van der Waals surface area contributed by atoms with Crippen molar-refractivity contribution >= 4 is 29.9 Å². The second kappa shape index (κ2) is 10.2. The standard InChI is InChI=1S/C18H34N4O.HI/c1-3-19-18(21-16-12-15-7-8-17(16)23-15)20-9-5-11-22-10-4-6-14(2)13-22;/h14-17H,3-13H2,1-2H3,(H2,19,20,21);1H. The number of aliphatic imine (C=N–C) groups is 1. The van der Waals surface area contributed by atoms with Crippen LogP contribution in [0.25, 0.3) is 0 Å². The maximum atomic E-state index is 5.93. The molecule has 2 bridgehead atoms. The average molecular weight is 450 g/mol. The smallest absolute Gasteiger partial charge is 0.191 e. The van der Waals surface area contributed by atoms with Gasteiger partial charge >= 0.3 is 0 Å². The van der Waals surface area contributed by atoms with E-state index in [-0.39, 0.29) is 24.0 Å². The minimum absolute atomic E-state index is 0. The summed E-state index contributed by atoms with van der Waals surface area (Å²) < 4.78 is 5.93. The predicted octanol–water partition coefficient (Wildman–Crippen LogP) is 2.60. The minimum atomic E-state index is 0. The molecule has 140 valence electrons. The summed E-state index contributed by atoms with van der Waals surface area (Å²) in [6.45, 7) is 10.0. The Morgan fingerprint density at radius 3 is 2.83 bits per heavy atom. The lowest BCUT2D eigenvalue weighted by molar-refractivity contribution is 0.0992. The lowest BCUT2D eigenvalue weighted by Gasteiger charge is -2.30. The van der Waals surface area contributed by atoms with E-state index in [9.17, 15) is 0 Å². The summed E-state index contributed by atoms with van der Waals surface area (Å²) in [6, 6.07) is 0.453. The van der Waals surface area contributed by atoms with Gasteiger partial charge in [0.25, 0.3) is 0 Å². The highest BCUT2D eigenvalue weighted by atomic mass is 127. The molecule has 0 aliphatic carbocycles. The van der Waals surface area contributed by atoms with Gasteiger partial charge in [-0.05, 0) is 64.5 Å². The normalized spacial score (nSPS) is 33.3. The van der Waals surface area contributed by atoms with E-state index in [0.29, 0.717) is 18.2 Å². The number of halogens is 1. The van der Waals surface area contributed by atoms with Gasteiger partial charge in [-0.25, -0.2) is 0 Å². The van der Waals surface area contributed by atoms with Crippen LogP contribution < -0.4 is 10.6 Å². The first kappa shape index (κ1) is 20.2. The zero-order valence-electron chi connectivity index (χ0n) is 15.3. The summed E-state index contributed by atoms with van der Waals surface area (Å²) in [4.78, 5) is 7.38. The van der Waals surface area contributed by atoms with Crippen LogP contribution in [0.2, 0.25) is 0 Å². The summed E-state index contributed by atoms with van der Waals surface area (Å²) in [7, 11) is 0. The molecule has 3 rings (SSSR count). The maximum Gasteiger partial charge on any atom is 0.191 e. The lowest BCUT2D eigenvalue weighted by Crippen LogP contribution is -2.47. The second-order valence-electron chi connectivity index (χ2n) is 7.52. The Bertz CT molecular complexity index is 406. The molecule has 2 N–H and O–H groups in total. The highest BCUT2D eigenvalue weighted by molar-refractivity contribution is 14.0. The van der Waals surface area contributed by atoms with E-state index in [2.05, 4.69) is 29.4 Å².